The zero-order chi connectivity index (χ0) is 22.5. The van der Waals surface area contributed by atoms with Crippen molar-refractivity contribution in [3.63, 3.8) is 0 Å². The molecule has 0 amide bonds. The average Bonchev–Trinajstić information content (AvgIpc) is 2.68. The predicted molar refractivity (Wildman–Crippen MR) is 99.2 cm³/mol. The van der Waals surface area contributed by atoms with Crippen molar-refractivity contribution >= 4 is 12.4 Å². The molecule has 2 rings (SSSR count). The standard InChI is InChI=1S/C20H19F6N3O/c1-3-4-14(21)10-29(2)6-5-12-7-15(17(22)18(23)16(12)11-30)19-27-8-13(9-28-19)20(24,25)26/h5-9,11,14H,3-4,10H2,1-2H3/b6-5-. The van der Waals surface area contributed by atoms with E-state index in [0.29, 0.717) is 25.2 Å². The van der Waals surface area contributed by atoms with Crippen LogP contribution in [-0.2, 0) is 6.18 Å². The van der Waals surface area contributed by atoms with Crippen LogP contribution in [-0.4, -0.2) is 40.9 Å². The molecule has 0 bridgehead atoms. The van der Waals surface area contributed by atoms with E-state index in [2.05, 4.69) is 9.97 Å². The summed E-state index contributed by atoms with van der Waals surface area (Å²) in [6.07, 6.45) is -1.07. The summed E-state index contributed by atoms with van der Waals surface area (Å²) >= 11 is 0. The average molecular weight is 431 g/mol. The van der Waals surface area contributed by atoms with Gasteiger partial charge >= 0.3 is 6.18 Å². The number of nitrogens with zero attached hydrogens (tertiary/aromatic N) is 3. The van der Waals surface area contributed by atoms with Crippen LogP contribution in [0, 0.1) is 11.6 Å². The van der Waals surface area contributed by atoms with Gasteiger partial charge < -0.3 is 4.90 Å². The van der Waals surface area contributed by atoms with Crippen LogP contribution in [0.15, 0.2) is 24.7 Å². The van der Waals surface area contributed by atoms with Gasteiger partial charge in [0, 0.05) is 26.0 Å². The van der Waals surface area contributed by atoms with Crippen LogP contribution in [0.25, 0.3) is 17.5 Å². The van der Waals surface area contributed by atoms with E-state index in [-0.39, 0.29) is 18.4 Å². The van der Waals surface area contributed by atoms with E-state index >= 15 is 0 Å². The van der Waals surface area contributed by atoms with Crippen LogP contribution in [0.1, 0.15) is 41.3 Å². The van der Waals surface area contributed by atoms with E-state index in [1.165, 1.54) is 17.2 Å². The fourth-order valence-electron chi connectivity index (χ4n) is 2.68. The van der Waals surface area contributed by atoms with E-state index in [1.807, 2.05) is 6.92 Å². The third-order valence-corrected chi connectivity index (χ3v) is 4.21. The molecular formula is C20H19F6N3O. The monoisotopic (exact) mass is 431 g/mol. The Morgan fingerprint density at radius 1 is 1.17 bits per heavy atom. The number of alkyl halides is 4. The Labute approximate surface area is 169 Å². The van der Waals surface area contributed by atoms with Gasteiger partial charge in [0.05, 0.1) is 16.7 Å². The van der Waals surface area contributed by atoms with Gasteiger partial charge in [-0.3, -0.25) is 4.79 Å². The first kappa shape index (κ1) is 23.4. The minimum Gasteiger partial charge on any atom is -0.377 e. The number of carbonyl (C=O) groups excluding carboxylic acids is 1. The molecule has 0 aliphatic rings. The number of aldehydes is 1. The number of aromatic nitrogens is 2. The number of rotatable bonds is 8. The Morgan fingerprint density at radius 2 is 1.80 bits per heavy atom. The van der Waals surface area contributed by atoms with Gasteiger partial charge in [-0.1, -0.05) is 13.3 Å². The molecule has 1 unspecified atom stereocenters. The van der Waals surface area contributed by atoms with Crippen LogP contribution in [0.4, 0.5) is 26.3 Å². The third-order valence-electron chi connectivity index (χ3n) is 4.21. The van der Waals surface area contributed by atoms with Gasteiger partial charge in [0.1, 0.15) is 6.17 Å². The second-order valence-electron chi connectivity index (χ2n) is 6.61. The minimum absolute atomic E-state index is 0.0549. The van der Waals surface area contributed by atoms with Crippen molar-refractivity contribution in [1.82, 2.24) is 14.9 Å². The first-order valence-corrected chi connectivity index (χ1v) is 8.97. The Bertz CT molecular complexity index is 912. The SMILES string of the molecule is CCCC(F)CN(C)/C=C\c1cc(-c2ncc(C(F)(F)F)cn2)c(F)c(F)c1C=O. The number of halogens is 6. The van der Waals surface area contributed by atoms with Crippen molar-refractivity contribution < 1.29 is 31.1 Å². The molecule has 0 aliphatic heterocycles. The molecule has 0 fully saturated rings. The maximum absolute atomic E-state index is 14.4. The lowest BCUT2D eigenvalue weighted by Gasteiger charge is -2.17. The second kappa shape index (κ2) is 9.73. The van der Waals surface area contributed by atoms with E-state index < -0.39 is 46.5 Å². The van der Waals surface area contributed by atoms with Crippen LogP contribution in [0.5, 0.6) is 0 Å². The maximum atomic E-state index is 14.4. The number of carbonyl (C=O) groups is 1. The Morgan fingerprint density at radius 3 is 2.33 bits per heavy atom. The highest BCUT2D eigenvalue weighted by Crippen LogP contribution is 2.31. The Balaban J connectivity index is 2.41. The zero-order valence-corrected chi connectivity index (χ0v) is 16.2. The van der Waals surface area contributed by atoms with Gasteiger partial charge in [-0.05, 0) is 30.3 Å². The highest BCUT2D eigenvalue weighted by atomic mass is 19.4. The Hall–Kier alpha value is -2.91. The summed E-state index contributed by atoms with van der Waals surface area (Å²) in [5.74, 6) is -3.43. The smallest absolute Gasteiger partial charge is 0.377 e. The van der Waals surface area contributed by atoms with Crippen LogP contribution >= 0.6 is 0 Å². The molecule has 30 heavy (non-hydrogen) atoms. The lowest BCUT2D eigenvalue weighted by atomic mass is 10.0. The molecule has 1 atom stereocenters. The summed E-state index contributed by atoms with van der Waals surface area (Å²) in [5.41, 5.74) is -2.30. The largest absolute Gasteiger partial charge is 0.419 e. The van der Waals surface area contributed by atoms with Gasteiger partial charge in [0.2, 0.25) is 0 Å². The molecule has 10 heteroatoms. The van der Waals surface area contributed by atoms with E-state index in [4.69, 9.17) is 0 Å². The maximum Gasteiger partial charge on any atom is 0.419 e. The molecule has 1 aromatic carbocycles. The zero-order valence-electron chi connectivity index (χ0n) is 16.2. The molecule has 0 saturated heterocycles. The van der Waals surface area contributed by atoms with Gasteiger partial charge in [0.15, 0.2) is 23.7 Å². The molecule has 0 spiro atoms. The first-order valence-electron chi connectivity index (χ1n) is 8.97. The van der Waals surface area contributed by atoms with E-state index in [0.717, 1.165) is 6.07 Å². The summed E-state index contributed by atoms with van der Waals surface area (Å²) in [4.78, 5) is 19.6. The first-order chi connectivity index (χ1) is 14.1. The summed E-state index contributed by atoms with van der Waals surface area (Å²) in [7, 11) is 1.57. The van der Waals surface area contributed by atoms with Crippen molar-refractivity contribution in [2.75, 3.05) is 13.6 Å². The number of benzene rings is 1. The summed E-state index contributed by atoms with van der Waals surface area (Å²) in [6, 6.07) is 1.05. The highest BCUT2D eigenvalue weighted by Gasteiger charge is 2.31. The molecule has 2 aromatic rings. The minimum atomic E-state index is -4.69. The van der Waals surface area contributed by atoms with Gasteiger partial charge in [-0.2, -0.15) is 13.2 Å². The van der Waals surface area contributed by atoms with Crippen molar-refractivity contribution in [2.24, 2.45) is 0 Å². The van der Waals surface area contributed by atoms with Crippen molar-refractivity contribution in [3.05, 3.63) is 53.0 Å². The third kappa shape index (κ3) is 5.58. The molecule has 1 aromatic heterocycles. The summed E-state index contributed by atoms with van der Waals surface area (Å²) in [6.45, 7) is 1.89. The molecule has 1 heterocycles. The number of hydrogen-bond donors (Lipinski definition) is 0. The fraction of sp³-hybridized carbons (Fsp3) is 0.350. The van der Waals surface area contributed by atoms with Gasteiger partial charge in [0.25, 0.3) is 0 Å². The second-order valence-corrected chi connectivity index (χ2v) is 6.61. The quantitative estimate of drug-likeness (QED) is 0.421. The van der Waals surface area contributed by atoms with Crippen molar-refractivity contribution in [2.45, 2.75) is 32.1 Å². The molecular weight excluding hydrogens is 412 g/mol. The molecule has 0 aliphatic carbocycles. The van der Waals surface area contributed by atoms with Crippen LogP contribution < -0.4 is 0 Å². The highest BCUT2D eigenvalue weighted by molar-refractivity contribution is 5.84. The van der Waals surface area contributed by atoms with E-state index in [9.17, 15) is 31.1 Å². The van der Waals surface area contributed by atoms with Crippen molar-refractivity contribution in [3.8, 4) is 11.4 Å². The Kier molecular flexibility index (Phi) is 7.58. The molecule has 0 N–H and O–H groups in total. The van der Waals surface area contributed by atoms with Gasteiger partial charge in [-0.25, -0.2) is 23.1 Å². The lowest BCUT2D eigenvalue weighted by Crippen LogP contribution is -2.21. The fourth-order valence-corrected chi connectivity index (χ4v) is 2.68. The van der Waals surface area contributed by atoms with Crippen molar-refractivity contribution in [1.29, 1.82) is 0 Å². The van der Waals surface area contributed by atoms with Gasteiger partial charge in [-0.15, -0.1) is 0 Å². The molecule has 4 nitrogen and oxygen atoms in total. The molecule has 162 valence electrons. The van der Waals surface area contributed by atoms with E-state index in [1.54, 1.807) is 7.05 Å². The topological polar surface area (TPSA) is 46.1 Å². The lowest BCUT2D eigenvalue weighted by molar-refractivity contribution is -0.138. The van der Waals surface area contributed by atoms with Crippen LogP contribution in [0.2, 0.25) is 0 Å². The normalized spacial score (nSPS) is 12.9. The summed E-state index contributed by atoms with van der Waals surface area (Å²) in [5, 5.41) is 0. The predicted octanol–water partition coefficient (Wildman–Crippen LogP) is 5.29. The summed E-state index contributed by atoms with van der Waals surface area (Å²) < 4.78 is 80.4. The molecule has 0 saturated carbocycles. The molecule has 0 radical (unpaired) electrons. The van der Waals surface area contributed by atoms with Crippen LogP contribution in [0.3, 0.4) is 0 Å². The number of hydrogen-bond acceptors (Lipinski definition) is 4.